The average molecular weight is 268 g/mol. The summed E-state index contributed by atoms with van der Waals surface area (Å²) in [6.07, 6.45) is 3.48. The van der Waals surface area contributed by atoms with Gasteiger partial charge in [-0.15, -0.1) is 0 Å². The fraction of sp³-hybridized carbons (Fsp3) is 0.250. The van der Waals surface area contributed by atoms with Crippen LogP contribution in [0.5, 0.6) is 0 Å². The predicted molar refractivity (Wildman–Crippen MR) is 75.8 cm³/mol. The van der Waals surface area contributed by atoms with E-state index in [9.17, 15) is 9.59 Å². The lowest BCUT2D eigenvalue weighted by atomic mass is 10.1. The molecule has 0 saturated carbocycles. The van der Waals surface area contributed by atoms with Crippen molar-refractivity contribution in [1.82, 2.24) is 10.3 Å². The molecule has 4 heteroatoms. The molecule has 0 bridgehead atoms. The zero-order chi connectivity index (χ0) is 14.1. The van der Waals surface area contributed by atoms with Crippen molar-refractivity contribution in [2.45, 2.75) is 25.8 Å². The maximum absolute atomic E-state index is 12.2. The Hall–Kier alpha value is -2.36. The van der Waals surface area contributed by atoms with Gasteiger partial charge in [0.05, 0.1) is 6.04 Å². The monoisotopic (exact) mass is 268 g/mol. The van der Waals surface area contributed by atoms with Crippen LogP contribution in [-0.4, -0.2) is 16.7 Å². The molecule has 1 aromatic carbocycles. The number of benzene rings is 1. The largest absolute Gasteiger partial charge is 0.356 e. The van der Waals surface area contributed by atoms with Gasteiger partial charge in [-0.05, 0) is 37.0 Å². The Bertz CT molecular complexity index is 673. The molecule has 102 valence electrons. The number of hydrogen-bond donors (Lipinski definition) is 2. The summed E-state index contributed by atoms with van der Waals surface area (Å²) in [6.45, 7) is 1.48. The number of Topliss-reactive ketones (excluding diaryl/α,β-unsaturated/α-hetero) is 1. The Labute approximate surface area is 117 Å². The molecule has 1 aliphatic carbocycles. The van der Waals surface area contributed by atoms with Crippen molar-refractivity contribution in [3.05, 3.63) is 58.9 Å². The summed E-state index contributed by atoms with van der Waals surface area (Å²) < 4.78 is 0. The van der Waals surface area contributed by atoms with Gasteiger partial charge in [-0.3, -0.25) is 9.59 Å². The molecular formula is C16H16N2O2. The minimum Gasteiger partial charge on any atom is -0.356 e. The Kier molecular flexibility index (Phi) is 3.14. The van der Waals surface area contributed by atoms with Crippen molar-refractivity contribution < 1.29 is 9.59 Å². The molecule has 1 aliphatic rings. The minimum absolute atomic E-state index is 0.0495. The van der Waals surface area contributed by atoms with Crippen LogP contribution in [0.1, 0.15) is 51.4 Å². The van der Waals surface area contributed by atoms with Gasteiger partial charge >= 0.3 is 0 Å². The fourth-order valence-corrected chi connectivity index (χ4v) is 2.67. The molecule has 0 spiro atoms. The molecule has 3 rings (SSSR count). The summed E-state index contributed by atoms with van der Waals surface area (Å²) in [5.41, 5.74) is 3.45. The standard InChI is InChI=1S/C16H16N2O2/c1-10(19)12-8-15(17-9-12)16(20)18-14-7-6-11-4-2-3-5-13(11)14/h2-5,8-9,14,17H,6-7H2,1H3,(H,18,20)/t14-/m1/s1. The Morgan fingerprint density at radius 3 is 2.85 bits per heavy atom. The predicted octanol–water partition coefficient (Wildman–Crippen LogP) is 2.63. The van der Waals surface area contributed by atoms with Gasteiger partial charge in [0, 0.05) is 11.8 Å². The second kappa shape index (κ2) is 4.96. The quantitative estimate of drug-likeness (QED) is 0.841. The van der Waals surface area contributed by atoms with E-state index in [1.165, 1.54) is 18.1 Å². The maximum Gasteiger partial charge on any atom is 0.268 e. The highest BCUT2D eigenvalue weighted by molar-refractivity contribution is 5.99. The van der Waals surface area contributed by atoms with Gasteiger partial charge in [-0.25, -0.2) is 0 Å². The molecule has 0 aliphatic heterocycles. The highest BCUT2D eigenvalue weighted by Gasteiger charge is 2.24. The topological polar surface area (TPSA) is 62.0 Å². The van der Waals surface area contributed by atoms with Crippen LogP contribution in [0.4, 0.5) is 0 Å². The van der Waals surface area contributed by atoms with E-state index in [-0.39, 0.29) is 17.7 Å². The number of nitrogens with one attached hydrogen (secondary N) is 2. The van der Waals surface area contributed by atoms with Gasteiger partial charge in [0.2, 0.25) is 0 Å². The molecule has 1 amide bonds. The Balaban J connectivity index is 1.75. The molecule has 0 radical (unpaired) electrons. The van der Waals surface area contributed by atoms with E-state index >= 15 is 0 Å². The summed E-state index contributed by atoms with van der Waals surface area (Å²) in [5, 5.41) is 3.02. The first kappa shape index (κ1) is 12.7. The average Bonchev–Trinajstić information content (AvgIpc) is 3.06. The van der Waals surface area contributed by atoms with Crippen LogP contribution in [-0.2, 0) is 6.42 Å². The normalized spacial score (nSPS) is 16.8. The number of H-pyrrole nitrogens is 1. The number of ketones is 1. The number of carbonyl (C=O) groups is 2. The van der Waals surface area contributed by atoms with Gasteiger partial charge in [-0.2, -0.15) is 0 Å². The summed E-state index contributed by atoms with van der Waals surface area (Å²) in [5.74, 6) is -0.217. The number of aryl methyl sites for hydroxylation is 1. The van der Waals surface area contributed by atoms with Crippen molar-refractivity contribution in [2.75, 3.05) is 0 Å². The van der Waals surface area contributed by atoms with Gasteiger partial charge in [-0.1, -0.05) is 24.3 Å². The molecule has 4 nitrogen and oxygen atoms in total. The van der Waals surface area contributed by atoms with Crippen molar-refractivity contribution in [2.24, 2.45) is 0 Å². The summed E-state index contributed by atoms with van der Waals surface area (Å²) in [6, 6.07) is 9.83. The van der Waals surface area contributed by atoms with Crippen LogP contribution in [0.3, 0.4) is 0 Å². The first-order chi connectivity index (χ1) is 9.65. The molecule has 1 heterocycles. The molecule has 0 fully saturated rings. The van der Waals surface area contributed by atoms with Crippen LogP contribution in [0.15, 0.2) is 36.5 Å². The number of aromatic amines is 1. The van der Waals surface area contributed by atoms with E-state index in [1.807, 2.05) is 12.1 Å². The number of carbonyl (C=O) groups excluding carboxylic acids is 2. The first-order valence-electron chi connectivity index (χ1n) is 6.73. The minimum atomic E-state index is -0.167. The van der Waals surface area contributed by atoms with E-state index in [1.54, 1.807) is 12.3 Å². The third-order valence-corrected chi connectivity index (χ3v) is 3.77. The second-order valence-electron chi connectivity index (χ2n) is 5.12. The fourth-order valence-electron chi connectivity index (χ4n) is 2.67. The van der Waals surface area contributed by atoms with E-state index in [0.717, 1.165) is 12.8 Å². The van der Waals surface area contributed by atoms with Crippen LogP contribution in [0.25, 0.3) is 0 Å². The molecule has 2 N–H and O–H groups in total. The first-order valence-corrected chi connectivity index (χ1v) is 6.73. The highest BCUT2D eigenvalue weighted by atomic mass is 16.2. The van der Waals surface area contributed by atoms with Crippen molar-refractivity contribution >= 4 is 11.7 Å². The highest BCUT2D eigenvalue weighted by Crippen LogP contribution is 2.30. The van der Waals surface area contributed by atoms with Crippen LogP contribution in [0, 0.1) is 0 Å². The van der Waals surface area contributed by atoms with Gasteiger partial charge < -0.3 is 10.3 Å². The van der Waals surface area contributed by atoms with Gasteiger partial charge in [0.15, 0.2) is 5.78 Å². The molecule has 0 saturated heterocycles. The van der Waals surface area contributed by atoms with E-state index < -0.39 is 0 Å². The summed E-state index contributed by atoms with van der Waals surface area (Å²) in [4.78, 5) is 26.3. The molecule has 20 heavy (non-hydrogen) atoms. The van der Waals surface area contributed by atoms with Crippen LogP contribution < -0.4 is 5.32 Å². The molecule has 2 aromatic rings. The Morgan fingerprint density at radius 1 is 1.30 bits per heavy atom. The SMILES string of the molecule is CC(=O)c1c[nH]c(C(=O)N[C@@H]2CCc3ccccc32)c1. The van der Waals surface area contributed by atoms with Crippen molar-refractivity contribution in [3.8, 4) is 0 Å². The zero-order valence-corrected chi connectivity index (χ0v) is 11.3. The van der Waals surface area contributed by atoms with Crippen molar-refractivity contribution in [3.63, 3.8) is 0 Å². The number of fused-ring (bicyclic) bond motifs is 1. The third-order valence-electron chi connectivity index (χ3n) is 3.77. The van der Waals surface area contributed by atoms with Gasteiger partial charge in [0.25, 0.3) is 5.91 Å². The second-order valence-corrected chi connectivity index (χ2v) is 5.12. The van der Waals surface area contributed by atoms with E-state index in [2.05, 4.69) is 22.4 Å². The number of hydrogen-bond acceptors (Lipinski definition) is 2. The van der Waals surface area contributed by atoms with Crippen molar-refractivity contribution in [1.29, 1.82) is 0 Å². The molecular weight excluding hydrogens is 252 g/mol. The molecule has 1 atom stereocenters. The van der Waals surface area contributed by atoms with E-state index in [4.69, 9.17) is 0 Å². The lowest BCUT2D eigenvalue weighted by Crippen LogP contribution is -2.27. The third kappa shape index (κ3) is 2.25. The molecule has 0 unspecified atom stereocenters. The summed E-state index contributed by atoms with van der Waals surface area (Å²) >= 11 is 0. The van der Waals surface area contributed by atoms with Crippen LogP contribution >= 0.6 is 0 Å². The number of rotatable bonds is 3. The summed E-state index contributed by atoms with van der Waals surface area (Å²) in [7, 11) is 0. The smallest absolute Gasteiger partial charge is 0.268 e. The zero-order valence-electron chi connectivity index (χ0n) is 11.3. The number of amides is 1. The number of aromatic nitrogens is 1. The lowest BCUT2D eigenvalue weighted by molar-refractivity contribution is 0.0932. The van der Waals surface area contributed by atoms with E-state index in [0.29, 0.717) is 11.3 Å². The Morgan fingerprint density at radius 2 is 2.10 bits per heavy atom. The molecule has 1 aromatic heterocycles. The maximum atomic E-state index is 12.2. The lowest BCUT2D eigenvalue weighted by Gasteiger charge is -2.13. The van der Waals surface area contributed by atoms with Crippen LogP contribution in [0.2, 0.25) is 0 Å². The van der Waals surface area contributed by atoms with Gasteiger partial charge in [0.1, 0.15) is 5.69 Å².